The van der Waals surface area contributed by atoms with Crippen LogP contribution in [0.5, 0.6) is 0 Å². The van der Waals surface area contributed by atoms with E-state index in [1.165, 1.54) is 5.56 Å². The van der Waals surface area contributed by atoms with Crippen LogP contribution in [-0.4, -0.2) is 0 Å². The molecule has 0 heterocycles. The molecule has 0 radical (unpaired) electrons. The molecule has 0 aliphatic rings. The third kappa shape index (κ3) is 5.03. The number of nitrogens with two attached hydrogens (primary N) is 1. The Balaban J connectivity index is 0.000000246. The van der Waals surface area contributed by atoms with E-state index >= 15 is 0 Å². The molecule has 2 aromatic carbocycles. The van der Waals surface area contributed by atoms with Crippen LogP contribution < -0.4 is 5.73 Å². The van der Waals surface area contributed by atoms with E-state index < -0.39 is 0 Å². The van der Waals surface area contributed by atoms with E-state index in [0.29, 0.717) is 0 Å². The molecule has 76 valence electrons. The van der Waals surface area contributed by atoms with Gasteiger partial charge in [0.05, 0.1) is 0 Å². The molecule has 1 nitrogen and oxygen atoms in total. The number of hydrogen-bond donors (Lipinski definition) is 1. The smallest absolute Gasteiger partial charge is 0.326 e. The number of rotatable bonds is 1. The Morgan fingerprint density at radius 3 is 2.00 bits per heavy atom. The minimum Gasteiger partial charge on any atom is -0.326 e. The molecule has 0 fully saturated rings. The van der Waals surface area contributed by atoms with Crippen molar-refractivity contribution in [2.24, 2.45) is 5.73 Å². The molecule has 2 N–H and O–H groups in total. The van der Waals surface area contributed by atoms with Gasteiger partial charge >= 0.3 is 17.1 Å². The monoisotopic (exact) mass is 229 g/mol. The van der Waals surface area contributed by atoms with Crippen LogP contribution in [-0.2, 0) is 17.1 Å². The first-order valence-corrected chi connectivity index (χ1v) is 4.44. The number of hydrogen-bond acceptors (Lipinski definition) is 1. The fourth-order valence-corrected chi connectivity index (χ4v) is 1.01. The van der Waals surface area contributed by atoms with Crippen molar-refractivity contribution in [1.29, 1.82) is 0 Å². The Bertz CT molecular complexity index is 265. The van der Waals surface area contributed by atoms with Crippen molar-refractivity contribution in [3.63, 3.8) is 0 Å². The predicted octanol–water partition coefficient (Wildman–Crippen LogP) is 2.83. The van der Waals surface area contributed by atoms with Crippen molar-refractivity contribution in [2.75, 3.05) is 0 Å². The zero-order valence-electron chi connectivity index (χ0n) is 8.20. The summed E-state index contributed by atoms with van der Waals surface area (Å²) in [6.07, 6.45) is 0. The molecule has 0 aliphatic carbocycles. The first-order chi connectivity index (χ1) is 6.30. The van der Waals surface area contributed by atoms with Gasteiger partial charge in [-0.1, -0.05) is 0 Å². The Kier molecular flexibility index (Phi) is 7.13. The summed E-state index contributed by atoms with van der Waals surface area (Å²) in [7, 11) is 0. The van der Waals surface area contributed by atoms with Crippen LogP contribution in [0.15, 0.2) is 54.6 Å². The van der Waals surface area contributed by atoms with Crippen LogP contribution in [0.2, 0.25) is 0 Å². The van der Waals surface area contributed by atoms with E-state index in [9.17, 15) is 0 Å². The first kappa shape index (κ1) is 13.2. The van der Waals surface area contributed by atoms with Crippen molar-refractivity contribution in [1.82, 2.24) is 0 Å². The average molecular weight is 229 g/mol. The molecule has 1 unspecified atom stereocenters. The summed E-state index contributed by atoms with van der Waals surface area (Å²) in [4.78, 5) is 0. The molecule has 0 aromatic heterocycles. The summed E-state index contributed by atoms with van der Waals surface area (Å²) < 4.78 is 0. The maximum atomic E-state index is 5.56. The van der Waals surface area contributed by atoms with Crippen LogP contribution >= 0.6 is 0 Å². The Morgan fingerprint density at radius 2 is 1.79 bits per heavy atom. The normalized spacial score (nSPS) is 10.7. The van der Waals surface area contributed by atoms with Gasteiger partial charge in [-0.05, 0) is 6.92 Å². The molecule has 2 aromatic rings. The van der Waals surface area contributed by atoms with E-state index in [1.807, 2.05) is 61.5 Å². The van der Waals surface area contributed by atoms with Gasteiger partial charge in [-0.2, -0.15) is 35.9 Å². The molecule has 0 saturated carbocycles. The fraction of sp³-hybridized carbons (Fsp3) is 0.167. The van der Waals surface area contributed by atoms with Gasteiger partial charge in [-0.25, -0.2) is 24.3 Å². The second-order valence-corrected chi connectivity index (χ2v) is 2.97. The summed E-state index contributed by atoms with van der Waals surface area (Å²) in [5.41, 5.74) is 6.77. The van der Waals surface area contributed by atoms with Gasteiger partial charge in [0.2, 0.25) is 0 Å². The van der Waals surface area contributed by atoms with Crippen LogP contribution in [0, 0.1) is 0 Å². The van der Waals surface area contributed by atoms with E-state index in [2.05, 4.69) is 0 Å². The molecule has 14 heavy (non-hydrogen) atoms. The van der Waals surface area contributed by atoms with Gasteiger partial charge in [0.25, 0.3) is 0 Å². The quantitative estimate of drug-likeness (QED) is 0.590. The molecular weight excluding hydrogens is 214 g/mol. The molecular formula is C12H15FeN. The van der Waals surface area contributed by atoms with E-state index in [1.54, 1.807) is 0 Å². The van der Waals surface area contributed by atoms with Crippen LogP contribution in [0.25, 0.3) is 0 Å². The summed E-state index contributed by atoms with van der Waals surface area (Å²) in [6, 6.07) is 18.2. The van der Waals surface area contributed by atoms with Crippen LogP contribution in [0.1, 0.15) is 18.5 Å². The van der Waals surface area contributed by atoms with Gasteiger partial charge in [-0.15, -0.1) is 0 Å². The van der Waals surface area contributed by atoms with Gasteiger partial charge in [0, 0.05) is 6.04 Å². The van der Waals surface area contributed by atoms with Gasteiger partial charge in [0.15, 0.2) is 0 Å². The Morgan fingerprint density at radius 1 is 1.14 bits per heavy atom. The third-order valence-corrected chi connectivity index (χ3v) is 1.77. The minimum atomic E-state index is 0. The minimum absolute atomic E-state index is 0. The SMILES string of the molecule is CC(N)c1ccc[cH-]1.[Fe+2].c1cc[cH-]c1. The second-order valence-electron chi connectivity index (χ2n) is 2.97. The maximum absolute atomic E-state index is 5.56. The van der Waals surface area contributed by atoms with Crippen molar-refractivity contribution in [3.8, 4) is 0 Å². The van der Waals surface area contributed by atoms with Gasteiger partial charge in [-0.3, -0.25) is 0 Å². The average Bonchev–Trinajstić information content (AvgIpc) is 2.82. The topological polar surface area (TPSA) is 26.0 Å². The van der Waals surface area contributed by atoms with Crippen LogP contribution in [0.3, 0.4) is 0 Å². The standard InChI is InChI=1S/C7H10N.C5H5.Fe/c1-6(8)7-4-2-3-5-7;1-2-4-5-3-1;/h2-6H,8H2,1H3;1-5H;/q2*-1;+2. The summed E-state index contributed by atoms with van der Waals surface area (Å²) in [5, 5.41) is 0. The zero-order chi connectivity index (χ0) is 9.52. The fourth-order valence-electron chi connectivity index (χ4n) is 1.01. The molecule has 0 bridgehead atoms. The maximum Gasteiger partial charge on any atom is 2.00 e. The van der Waals surface area contributed by atoms with E-state index in [4.69, 9.17) is 5.73 Å². The molecule has 0 amide bonds. The summed E-state index contributed by atoms with van der Waals surface area (Å²) in [6.45, 7) is 1.98. The predicted molar refractivity (Wildman–Crippen MR) is 56.7 cm³/mol. The third-order valence-electron chi connectivity index (χ3n) is 1.77. The molecule has 1 atom stereocenters. The molecule has 0 aliphatic heterocycles. The molecule has 2 heteroatoms. The summed E-state index contributed by atoms with van der Waals surface area (Å²) >= 11 is 0. The molecule has 2 rings (SSSR count). The second kappa shape index (κ2) is 7.57. The van der Waals surface area contributed by atoms with Crippen molar-refractivity contribution < 1.29 is 17.1 Å². The molecule has 0 spiro atoms. The Hall–Kier alpha value is -0.821. The van der Waals surface area contributed by atoms with Gasteiger partial charge in [0.1, 0.15) is 0 Å². The Labute approximate surface area is 96.1 Å². The van der Waals surface area contributed by atoms with Crippen molar-refractivity contribution in [3.05, 3.63) is 60.2 Å². The molecule has 0 saturated heterocycles. The van der Waals surface area contributed by atoms with E-state index in [-0.39, 0.29) is 23.1 Å². The van der Waals surface area contributed by atoms with Crippen molar-refractivity contribution >= 4 is 0 Å². The van der Waals surface area contributed by atoms with Gasteiger partial charge < -0.3 is 5.73 Å². The summed E-state index contributed by atoms with van der Waals surface area (Å²) in [5.74, 6) is 0. The first-order valence-electron chi connectivity index (χ1n) is 4.44. The van der Waals surface area contributed by atoms with Crippen molar-refractivity contribution in [2.45, 2.75) is 13.0 Å². The van der Waals surface area contributed by atoms with E-state index in [0.717, 1.165) is 0 Å². The largest absolute Gasteiger partial charge is 2.00 e. The van der Waals surface area contributed by atoms with Crippen LogP contribution in [0.4, 0.5) is 0 Å². The zero-order valence-corrected chi connectivity index (χ0v) is 9.31.